The largest absolute Gasteiger partial charge is 0.508 e. The van der Waals surface area contributed by atoms with Gasteiger partial charge in [0, 0.05) is 13.3 Å². The Labute approximate surface area is 129 Å². The van der Waals surface area contributed by atoms with Gasteiger partial charge in [-0.3, -0.25) is 9.59 Å². The number of phenolic OH excluding ortho intramolecular Hbond substituents is 1. The standard InChI is InChI=1S/C17H18O5/c1-4-6-13(11-7-9-12(18)10-8-11)14-15(19)21-17(3,5-2)22-16(14)20/h7-10,13-14,18H,5H2,1-3H3. The molecule has 1 aliphatic rings. The minimum Gasteiger partial charge on any atom is -0.508 e. The topological polar surface area (TPSA) is 72.8 Å². The Kier molecular flexibility index (Phi) is 4.41. The molecule has 1 N–H and O–H groups in total. The van der Waals surface area contributed by atoms with Gasteiger partial charge in [-0.25, -0.2) is 0 Å². The summed E-state index contributed by atoms with van der Waals surface area (Å²) < 4.78 is 10.6. The van der Waals surface area contributed by atoms with E-state index in [1.54, 1.807) is 32.9 Å². The molecule has 0 aromatic heterocycles. The van der Waals surface area contributed by atoms with Gasteiger partial charge in [-0.2, -0.15) is 0 Å². The number of esters is 2. The fraction of sp³-hybridized carbons (Fsp3) is 0.412. The fourth-order valence-electron chi connectivity index (χ4n) is 2.28. The van der Waals surface area contributed by atoms with Gasteiger partial charge in [0.05, 0.1) is 5.92 Å². The van der Waals surface area contributed by atoms with Gasteiger partial charge in [0.15, 0.2) is 5.92 Å². The van der Waals surface area contributed by atoms with E-state index in [4.69, 9.17) is 9.47 Å². The third kappa shape index (κ3) is 3.06. The third-order valence-electron chi connectivity index (χ3n) is 3.67. The van der Waals surface area contributed by atoms with Gasteiger partial charge in [-0.15, -0.1) is 5.92 Å². The maximum absolute atomic E-state index is 12.3. The van der Waals surface area contributed by atoms with Gasteiger partial charge in [-0.1, -0.05) is 25.0 Å². The first-order valence-corrected chi connectivity index (χ1v) is 7.07. The first kappa shape index (κ1) is 15.9. The molecule has 1 unspecified atom stereocenters. The summed E-state index contributed by atoms with van der Waals surface area (Å²) in [7, 11) is 0. The minimum absolute atomic E-state index is 0.0966. The van der Waals surface area contributed by atoms with Crippen LogP contribution in [-0.2, 0) is 19.1 Å². The molecule has 0 saturated carbocycles. The molecule has 1 heterocycles. The van der Waals surface area contributed by atoms with Crippen molar-refractivity contribution in [1.29, 1.82) is 0 Å². The molecular formula is C17H18O5. The Morgan fingerprint density at radius 3 is 2.23 bits per heavy atom. The number of ether oxygens (including phenoxy) is 2. The molecule has 1 aromatic carbocycles. The molecule has 1 fully saturated rings. The summed E-state index contributed by atoms with van der Waals surface area (Å²) in [6, 6.07) is 6.21. The van der Waals surface area contributed by atoms with Crippen LogP contribution >= 0.6 is 0 Å². The number of cyclic esters (lactones) is 2. The van der Waals surface area contributed by atoms with Gasteiger partial charge in [0.2, 0.25) is 0 Å². The van der Waals surface area contributed by atoms with Crippen LogP contribution in [0, 0.1) is 17.8 Å². The number of carbonyl (C=O) groups excluding carboxylic acids is 2. The van der Waals surface area contributed by atoms with Crippen LogP contribution in [-0.4, -0.2) is 22.8 Å². The van der Waals surface area contributed by atoms with E-state index in [9.17, 15) is 14.7 Å². The minimum atomic E-state index is -1.22. The second-order valence-corrected chi connectivity index (χ2v) is 5.27. The van der Waals surface area contributed by atoms with E-state index in [0.717, 1.165) is 0 Å². The van der Waals surface area contributed by atoms with Crippen molar-refractivity contribution in [1.82, 2.24) is 0 Å². The van der Waals surface area contributed by atoms with Crippen molar-refractivity contribution in [3.63, 3.8) is 0 Å². The fourth-order valence-corrected chi connectivity index (χ4v) is 2.28. The number of hydrogen-bond acceptors (Lipinski definition) is 5. The summed E-state index contributed by atoms with van der Waals surface area (Å²) in [5, 5.41) is 9.36. The first-order chi connectivity index (χ1) is 10.4. The average Bonchev–Trinajstić information content (AvgIpc) is 2.46. The molecule has 0 bridgehead atoms. The van der Waals surface area contributed by atoms with Crippen LogP contribution in [0.5, 0.6) is 5.75 Å². The molecule has 0 aliphatic carbocycles. The van der Waals surface area contributed by atoms with Crippen molar-refractivity contribution in [2.45, 2.75) is 38.9 Å². The molecule has 0 radical (unpaired) electrons. The smallest absolute Gasteiger partial charge is 0.325 e. The molecular weight excluding hydrogens is 284 g/mol. The third-order valence-corrected chi connectivity index (χ3v) is 3.67. The molecule has 22 heavy (non-hydrogen) atoms. The van der Waals surface area contributed by atoms with Gasteiger partial charge in [0.1, 0.15) is 5.75 Å². The van der Waals surface area contributed by atoms with Gasteiger partial charge in [-0.05, 0) is 24.6 Å². The Bertz CT molecular complexity index is 617. The van der Waals surface area contributed by atoms with Crippen molar-refractivity contribution >= 4 is 11.9 Å². The van der Waals surface area contributed by atoms with E-state index >= 15 is 0 Å². The number of carbonyl (C=O) groups is 2. The van der Waals surface area contributed by atoms with Crippen molar-refractivity contribution < 1.29 is 24.2 Å². The zero-order valence-corrected chi connectivity index (χ0v) is 12.8. The van der Waals surface area contributed by atoms with E-state index in [1.807, 2.05) is 0 Å². The maximum Gasteiger partial charge on any atom is 0.325 e. The number of aromatic hydroxyl groups is 1. The van der Waals surface area contributed by atoms with Crippen molar-refractivity contribution in [2.24, 2.45) is 5.92 Å². The second-order valence-electron chi connectivity index (χ2n) is 5.27. The Hall–Kier alpha value is -2.48. The van der Waals surface area contributed by atoms with E-state index in [-0.39, 0.29) is 5.75 Å². The van der Waals surface area contributed by atoms with Crippen molar-refractivity contribution in [2.75, 3.05) is 0 Å². The van der Waals surface area contributed by atoms with Crippen LogP contribution in [0.3, 0.4) is 0 Å². The quantitative estimate of drug-likeness (QED) is 0.527. The number of hydrogen-bond donors (Lipinski definition) is 1. The number of phenols is 1. The summed E-state index contributed by atoms with van der Waals surface area (Å²) in [5.41, 5.74) is 0.645. The highest BCUT2D eigenvalue weighted by Gasteiger charge is 2.48. The van der Waals surface area contributed by atoms with Crippen molar-refractivity contribution in [3.8, 4) is 17.6 Å². The number of benzene rings is 1. The zero-order valence-electron chi connectivity index (χ0n) is 12.8. The van der Waals surface area contributed by atoms with Crippen LogP contribution in [0.4, 0.5) is 0 Å². The highest BCUT2D eigenvalue weighted by Crippen LogP contribution is 2.35. The molecule has 1 aromatic rings. The number of rotatable bonds is 3. The van der Waals surface area contributed by atoms with Gasteiger partial charge < -0.3 is 14.6 Å². The highest BCUT2D eigenvalue weighted by molar-refractivity contribution is 5.98. The predicted molar refractivity (Wildman–Crippen MR) is 78.7 cm³/mol. The Morgan fingerprint density at radius 2 is 1.77 bits per heavy atom. The van der Waals surface area contributed by atoms with Crippen LogP contribution in [0.1, 0.15) is 38.7 Å². The zero-order chi connectivity index (χ0) is 16.3. The summed E-state index contributed by atoms with van der Waals surface area (Å²) in [6.45, 7) is 4.95. The van der Waals surface area contributed by atoms with E-state index in [1.165, 1.54) is 12.1 Å². The lowest BCUT2D eigenvalue weighted by Gasteiger charge is -2.36. The molecule has 1 aliphatic heterocycles. The van der Waals surface area contributed by atoms with E-state index in [0.29, 0.717) is 12.0 Å². The molecule has 5 nitrogen and oxygen atoms in total. The van der Waals surface area contributed by atoms with E-state index in [2.05, 4.69) is 11.8 Å². The maximum atomic E-state index is 12.3. The summed E-state index contributed by atoms with van der Waals surface area (Å²) in [4.78, 5) is 24.6. The molecule has 0 amide bonds. The van der Waals surface area contributed by atoms with E-state index < -0.39 is 29.6 Å². The first-order valence-electron chi connectivity index (χ1n) is 7.07. The molecule has 1 saturated heterocycles. The Balaban J connectivity index is 2.36. The summed E-state index contributed by atoms with van der Waals surface area (Å²) >= 11 is 0. The van der Waals surface area contributed by atoms with Crippen LogP contribution in [0.25, 0.3) is 0 Å². The lowest BCUT2D eigenvalue weighted by atomic mass is 9.85. The predicted octanol–water partition coefficient (Wildman–Crippen LogP) is 2.34. The normalized spacial score (nSPS) is 25.5. The second kappa shape index (κ2) is 6.10. The lowest BCUT2D eigenvalue weighted by Crippen LogP contribution is -2.49. The van der Waals surface area contributed by atoms with Crippen LogP contribution < -0.4 is 0 Å². The Morgan fingerprint density at radius 1 is 1.23 bits per heavy atom. The van der Waals surface area contributed by atoms with Gasteiger partial charge >= 0.3 is 11.9 Å². The molecule has 1 atom stereocenters. The lowest BCUT2D eigenvalue weighted by molar-refractivity contribution is -0.247. The highest BCUT2D eigenvalue weighted by atomic mass is 16.7. The van der Waals surface area contributed by atoms with Crippen molar-refractivity contribution in [3.05, 3.63) is 29.8 Å². The summed E-state index contributed by atoms with van der Waals surface area (Å²) in [6.07, 6.45) is 0.376. The molecule has 2 rings (SSSR count). The van der Waals surface area contributed by atoms with Gasteiger partial charge in [0.25, 0.3) is 5.79 Å². The van der Waals surface area contributed by atoms with Crippen LogP contribution in [0.15, 0.2) is 24.3 Å². The van der Waals surface area contributed by atoms with Crippen LogP contribution in [0.2, 0.25) is 0 Å². The molecule has 5 heteroatoms. The summed E-state index contributed by atoms with van der Waals surface area (Å²) in [5.74, 6) is 1.39. The molecule has 116 valence electrons. The monoisotopic (exact) mass is 302 g/mol. The SMILES string of the molecule is CC#CC(c1ccc(O)cc1)C1C(=O)OC(C)(CC)OC1=O. The molecule has 0 spiro atoms. The average molecular weight is 302 g/mol.